The number of fused-ring (bicyclic) bond motifs is 1. The summed E-state index contributed by atoms with van der Waals surface area (Å²) in [6, 6.07) is 5.57. The van der Waals surface area contributed by atoms with Crippen LogP contribution in [0.4, 0.5) is 0 Å². The third-order valence-electron chi connectivity index (χ3n) is 2.88. The minimum absolute atomic E-state index is 0.200. The quantitative estimate of drug-likeness (QED) is 0.792. The number of rotatable bonds is 4. The maximum atomic E-state index is 12.1. The van der Waals surface area contributed by atoms with E-state index in [0.29, 0.717) is 16.5 Å². The number of pyridine rings is 1. The Morgan fingerprint density at radius 3 is 2.95 bits per heavy atom. The topological polar surface area (TPSA) is 85.1 Å². The van der Waals surface area contributed by atoms with E-state index in [2.05, 4.69) is 25.6 Å². The highest BCUT2D eigenvalue weighted by Crippen LogP contribution is 2.18. The molecule has 0 unspecified atom stereocenters. The van der Waals surface area contributed by atoms with Crippen molar-refractivity contribution in [2.45, 2.75) is 26.3 Å². The first-order valence-electron chi connectivity index (χ1n) is 6.55. The van der Waals surface area contributed by atoms with Crippen LogP contribution in [0.1, 0.15) is 41.1 Å². The molecule has 0 aliphatic carbocycles. The van der Waals surface area contributed by atoms with Crippen molar-refractivity contribution in [3.63, 3.8) is 0 Å². The summed E-state index contributed by atoms with van der Waals surface area (Å²) in [5, 5.41) is 15.6. The first-order valence-corrected chi connectivity index (χ1v) is 7.37. The Balaban J connectivity index is 1.76. The van der Waals surface area contributed by atoms with E-state index in [4.69, 9.17) is 0 Å². The van der Waals surface area contributed by atoms with Gasteiger partial charge in [0.2, 0.25) is 9.97 Å². The first kappa shape index (κ1) is 13.6. The van der Waals surface area contributed by atoms with Crippen molar-refractivity contribution in [1.29, 1.82) is 0 Å². The summed E-state index contributed by atoms with van der Waals surface area (Å²) in [5.41, 5.74) is 0.803. The molecule has 0 radical (unpaired) electrons. The summed E-state index contributed by atoms with van der Waals surface area (Å²) >= 11 is 1.22. The van der Waals surface area contributed by atoms with Crippen molar-refractivity contribution >= 4 is 22.2 Å². The fraction of sp³-hybridized carbons (Fsp3) is 0.308. The molecule has 1 N–H and O–H groups in total. The second kappa shape index (κ2) is 5.57. The molecule has 0 saturated carbocycles. The molecule has 21 heavy (non-hydrogen) atoms. The fourth-order valence-corrected chi connectivity index (χ4v) is 2.60. The van der Waals surface area contributed by atoms with Crippen molar-refractivity contribution in [3.05, 3.63) is 40.9 Å². The smallest absolute Gasteiger partial charge is 0.282 e. The van der Waals surface area contributed by atoms with Gasteiger partial charge in [0.25, 0.3) is 5.91 Å². The number of carbonyl (C=O) groups is 1. The number of hydrogen-bond donors (Lipinski definition) is 1. The van der Waals surface area contributed by atoms with Crippen molar-refractivity contribution in [2.75, 3.05) is 0 Å². The molecule has 8 heteroatoms. The van der Waals surface area contributed by atoms with Crippen LogP contribution in [0.2, 0.25) is 0 Å². The van der Waals surface area contributed by atoms with Crippen LogP contribution in [0.25, 0.3) is 4.96 Å². The zero-order chi connectivity index (χ0) is 14.8. The summed E-state index contributed by atoms with van der Waals surface area (Å²) < 4.78 is 1.63. The largest absolute Gasteiger partial charge is 0.344 e. The molecule has 3 heterocycles. The lowest BCUT2D eigenvalue weighted by atomic mass is 10.2. The number of nitrogens with zero attached hydrogens (tertiary/aromatic N) is 5. The number of carbonyl (C=O) groups excluding carboxylic acids is 1. The molecule has 1 amide bonds. The van der Waals surface area contributed by atoms with E-state index in [0.717, 1.165) is 11.5 Å². The highest BCUT2D eigenvalue weighted by Gasteiger charge is 2.18. The van der Waals surface area contributed by atoms with E-state index in [1.807, 2.05) is 32.0 Å². The van der Waals surface area contributed by atoms with E-state index in [1.54, 1.807) is 10.7 Å². The van der Waals surface area contributed by atoms with Gasteiger partial charge in [0.05, 0.1) is 12.2 Å². The maximum absolute atomic E-state index is 12.1. The summed E-state index contributed by atoms with van der Waals surface area (Å²) in [6.45, 7) is 4.39. The zero-order valence-corrected chi connectivity index (χ0v) is 12.5. The van der Waals surface area contributed by atoms with Gasteiger partial charge in [-0.05, 0) is 12.1 Å². The van der Waals surface area contributed by atoms with E-state index < -0.39 is 0 Å². The highest BCUT2D eigenvalue weighted by molar-refractivity contribution is 7.18. The monoisotopic (exact) mass is 302 g/mol. The Morgan fingerprint density at radius 2 is 2.24 bits per heavy atom. The van der Waals surface area contributed by atoms with E-state index in [1.165, 1.54) is 11.3 Å². The molecule has 3 aromatic heterocycles. The molecular formula is C13H14N6OS. The second-order valence-corrected chi connectivity index (χ2v) is 5.77. The molecule has 0 spiro atoms. The molecule has 0 aliphatic rings. The Hall–Kier alpha value is -2.35. The number of hydrogen-bond acceptors (Lipinski definition) is 6. The van der Waals surface area contributed by atoms with Gasteiger partial charge in [0, 0.05) is 12.1 Å². The van der Waals surface area contributed by atoms with Crippen molar-refractivity contribution in [1.82, 2.24) is 30.1 Å². The van der Waals surface area contributed by atoms with Gasteiger partial charge < -0.3 is 5.32 Å². The molecule has 0 atom stereocenters. The molecule has 0 bridgehead atoms. The van der Waals surface area contributed by atoms with Crippen LogP contribution in [0, 0.1) is 0 Å². The number of aromatic nitrogens is 5. The first-order chi connectivity index (χ1) is 10.1. The standard InChI is InChI=1S/C13H14N6OS/c1-8(2)10-16-17-13-19(10)18-12(21-13)11(20)15-7-9-5-3-4-6-14-9/h3-6,8H,7H2,1-2H3,(H,15,20). The minimum atomic E-state index is -0.231. The number of nitrogens with one attached hydrogen (secondary N) is 1. The Labute approximate surface area is 125 Å². The van der Waals surface area contributed by atoms with E-state index >= 15 is 0 Å². The molecule has 0 aromatic carbocycles. The summed E-state index contributed by atoms with van der Waals surface area (Å²) in [7, 11) is 0. The van der Waals surface area contributed by atoms with Crippen LogP contribution in [0.3, 0.4) is 0 Å². The maximum Gasteiger partial charge on any atom is 0.282 e. The van der Waals surface area contributed by atoms with Crippen molar-refractivity contribution in [3.8, 4) is 0 Å². The normalized spacial score (nSPS) is 11.2. The molecule has 0 aliphatic heterocycles. The average Bonchev–Trinajstić information content (AvgIpc) is 3.05. The SMILES string of the molecule is CC(C)c1nnc2sc(C(=O)NCc3ccccn3)nn12. The molecular weight excluding hydrogens is 288 g/mol. The molecule has 3 rings (SSSR count). The lowest BCUT2D eigenvalue weighted by Gasteiger charge is -2.01. The third kappa shape index (κ3) is 2.75. The van der Waals surface area contributed by atoms with Crippen LogP contribution in [0.15, 0.2) is 24.4 Å². The highest BCUT2D eigenvalue weighted by atomic mass is 32.1. The number of amides is 1. The average molecular weight is 302 g/mol. The molecule has 108 valence electrons. The predicted molar refractivity (Wildman–Crippen MR) is 78.2 cm³/mol. The van der Waals surface area contributed by atoms with Gasteiger partial charge in [0.1, 0.15) is 0 Å². The zero-order valence-electron chi connectivity index (χ0n) is 11.6. The molecule has 7 nitrogen and oxygen atoms in total. The third-order valence-corrected chi connectivity index (χ3v) is 3.78. The minimum Gasteiger partial charge on any atom is -0.344 e. The van der Waals surface area contributed by atoms with Crippen LogP contribution in [0.5, 0.6) is 0 Å². The van der Waals surface area contributed by atoms with Gasteiger partial charge in [-0.1, -0.05) is 31.3 Å². The van der Waals surface area contributed by atoms with E-state index in [-0.39, 0.29) is 11.8 Å². The molecule has 0 saturated heterocycles. The molecule has 0 fully saturated rings. The van der Waals surface area contributed by atoms with Gasteiger partial charge in [-0.25, -0.2) is 0 Å². The lowest BCUT2D eigenvalue weighted by Crippen LogP contribution is -2.23. The van der Waals surface area contributed by atoms with Crippen molar-refractivity contribution < 1.29 is 4.79 Å². The van der Waals surface area contributed by atoms with Crippen LogP contribution >= 0.6 is 11.3 Å². The predicted octanol–water partition coefficient (Wildman–Crippen LogP) is 1.63. The summed E-state index contributed by atoms with van der Waals surface area (Å²) in [6.07, 6.45) is 1.69. The van der Waals surface area contributed by atoms with Crippen LogP contribution < -0.4 is 5.32 Å². The van der Waals surface area contributed by atoms with Gasteiger partial charge >= 0.3 is 0 Å². The van der Waals surface area contributed by atoms with Crippen molar-refractivity contribution in [2.24, 2.45) is 0 Å². The van der Waals surface area contributed by atoms with Gasteiger partial charge in [-0.15, -0.1) is 15.3 Å². The van der Waals surface area contributed by atoms with Gasteiger partial charge in [-0.3, -0.25) is 9.78 Å². The second-order valence-electron chi connectivity index (χ2n) is 4.82. The van der Waals surface area contributed by atoms with Crippen LogP contribution in [-0.2, 0) is 6.54 Å². The molecule has 3 aromatic rings. The van der Waals surface area contributed by atoms with Crippen LogP contribution in [-0.4, -0.2) is 30.7 Å². The summed E-state index contributed by atoms with van der Waals surface area (Å²) in [4.78, 5) is 16.9. The Kier molecular flexibility index (Phi) is 3.61. The Bertz CT molecular complexity index is 763. The van der Waals surface area contributed by atoms with Gasteiger partial charge in [-0.2, -0.15) is 4.52 Å². The fourth-order valence-electron chi connectivity index (χ4n) is 1.83. The van der Waals surface area contributed by atoms with E-state index in [9.17, 15) is 4.79 Å². The lowest BCUT2D eigenvalue weighted by molar-refractivity contribution is 0.0949. The summed E-state index contributed by atoms with van der Waals surface area (Å²) in [5.74, 6) is 0.724. The Morgan fingerprint density at radius 1 is 1.38 bits per heavy atom. The van der Waals surface area contributed by atoms with Gasteiger partial charge in [0.15, 0.2) is 5.82 Å².